The third-order valence-corrected chi connectivity index (χ3v) is 4.77. The molecule has 0 saturated carbocycles. The highest BCUT2D eigenvalue weighted by molar-refractivity contribution is 7.92. The molecule has 0 aromatic heterocycles. The van der Waals surface area contributed by atoms with E-state index >= 15 is 0 Å². The van der Waals surface area contributed by atoms with Crippen LogP contribution in [0.1, 0.15) is 12.5 Å². The van der Waals surface area contributed by atoms with Crippen LogP contribution in [0.25, 0.3) is 6.08 Å². The number of benzene rings is 2. The molecule has 4 nitrogen and oxygen atoms in total. The molecule has 0 saturated heterocycles. The van der Waals surface area contributed by atoms with E-state index < -0.39 is 26.0 Å². The minimum atomic E-state index is -4.82. The van der Waals surface area contributed by atoms with E-state index in [1.165, 1.54) is 49.4 Å². The molecule has 0 aliphatic heterocycles. The van der Waals surface area contributed by atoms with Crippen LogP contribution >= 0.6 is 0 Å². The van der Waals surface area contributed by atoms with Gasteiger partial charge in [-0.25, -0.2) is 8.42 Å². The summed E-state index contributed by atoms with van der Waals surface area (Å²) in [7, 11) is -4.82. The Balaban J connectivity index is 2.22. The maximum Gasteiger partial charge on any atom is 0.368 e. The van der Waals surface area contributed by atoms with Crippen molar-refractivity contribution in [1.82, 2.24) is 0 Å². The zero-order valence-corrected chi connectivity index (χ0v) is 13.5. The van der Waals surface area contributed by atoms with E-state index in [1.54, 1.807) is 0 Å². The van der Waals surface area contributed by atoms with Gasteiger partial charge in [0, 0.05) is 13.0 Å². The van der Waals surface area contributed by atoms with Crippen molar-refractivity contribution in [2.45, 2.75) is 17.1 Å². The van der Waals surface area contributed by atoms with Crippen LogP contribution in [-0.4, -0.2) is 19.6 Å². The van der Waals surface area contributed by atoms with Crippen LogP contribution in [-0.2, 0) is 14.6 Å². The summed E-state index contributed by atoms with van der Waals surface area (Å²) in [6.45, 7) is 1.24. The standard InChI is InChI=1S/C17H14F2O4S/c1-13(20)23-15-9-7-14(8-10-15)11-12-17(18,19)24(21,22)16-5-3-2-4-6-16/h2-12H,1H3/b12-11+. The molecule has 0 spiro atoms. The summed E-state index contributed by atoms with van der Waals surface area (Å²) in [4.78, 5) is 10.3. The lowest BCUT2D eigenvalue weighted by Crippen LogP contribution is -2.26. The van der Waals surface area contributed by atoms with E-state index in [0.717, 1.165) is 18.2 Å². The number of carbonyl (C=O) groups excluding carboxylic acids is 1. The van der Waals surface area contributed by atoms with Crippen LogP contribution < -0.4 is 4.74 Å². The van der Waals surface area contributed by atoms with Crippen molar-refractivity contribution in [3.63, 3.8) is 0 Å². The Morgan fingerprint density at radius 1 is 1.04 bits per heavy atom. The SMILES string of the molecule is CC(=O)Oc1ccc(/C=C/C(F)(F)S(=O)(=O)c2ccccc2)cc1. The predicted molar refractivity (Wildman–Crippen MR) is 85.4 cm³/mol. The van der Waals surface area contributed by atoms with E-state index in [0.29, 0.717) is 11.6 Å². The van der Waals surface area contributed by atoms with Crippen molar-refractivity contribution >= 4 is 21.9 Å². The first-order valence-electron chi connectivity index (χ1n) is 6.87. The largest absolute Gasteiger partial charge is 0.427 e. The summed E-state index contributed by atoms with van der Waals surface area (Å²) >= 11 is 0. The summed E-state index contributed by atoms with van der Waals surface area (Å²) in [5, 5.41) is -4.05. The molecule has 2 aromatic carbocycles. The van der Waals surface area contributed by atoms with E-state index in [-0.39, 0.29) is 5.75 Å². The lowest BCUT2D eigenvalue weighted by molar-refractivity contribution is -0.131. The minimum absolute atomic E-state index is 0.267. The fourth-order valence-electron chi connectivity index (χ4n) is 1.85. The molecule has 126 valence electrons. The Labute approximate surface area is 138 Å². The average Bonchev–Trinajstić information content (AvgIpc) is 2.54. The molecular formula is C17H14F2O4S. The Kier molecular flexibility index (Phi) is 5.14. The van der Waals surface area contributed by atoms with Gasteiger partial charge in [0.05, 0.1) is 4.90 Å². The van der Waals surface area contributed by atoms with Gasteiger partial charge >= 0.3 is 11.2 Å². The topological polar surface area (TPSA) is 60.4 Å². The summed E-state index contributed by atoms with van der Waals surface area (Å²) in [5.74, 6) is -0.234. The van der Waals surface area contributed by atoms with E-state index in [9.17, 15) is 22.0 Å². The molecule has 0 aliphatic rings. The Morgan fingerprint density at radius 2 is 1.62 bits per heavy atom. The van der Waals surface area contributed by atoms with E-state index in [2.05, 4.69) is 0 Å². The van der Waals surface area contributed by atoms with Crippen LogP contribution in [0.5, 0.6) is 5.75 Å². The zero-order valence-electron chi connectivity index (χ0n) is 12.6. The van der Waals surface area contributed by atoms with Gasteiger partial charge < -0.3 is 4.74 Å². The molecule has 24 heavy (non-hydrogen) atoms. The first kappa shape index (κ1) is 17.8. The highest BCUT2D eigenvalue weighted by Crippen LogP contribution is 2.31. The molecule has 0 N–H and O–H groups in total. The van der Waals surface area contributed by atoms with Crippen LogP contribution in [0.15, 0.2) is 65.6 Å². The Hall–Kier alpha value is -2.54. The van der Waals surface area contributed by atoms with Crippen LogP contribution in [0, 0.1) is 0 Å². The minimum Gasteiger partial charge on any atom is -0.427 e. The smallest absolute Gasteiger partial charge is 0.368 e. The van der Waals surface area contributed by atoms with Gasteiger partial charge in [-0.1, -0.05) is 36.4 Å². The number of esters is 1. The highest BCUT2D eigenvalue weighted by atomic mass is 32.2. The first-order valence-corrected chi connectivity index (χ1v) is 8.36. The lowest BCUT2D eigenvalue weighted by atomic mass is 10.2. The predicted octanol–water partition coefficient (Wildman–Crippen LogP) is 3.69. The quantitative estimate of drug-likeness (QED) is 0.608. The van der Waals surface area contributed by atoms with E-state index in [4.69, 9.17) is 4.74 Å². The Bertz CT molecular complexity index is 842. The molecule has 0 aliphatic carbocycles. The Morgan fingerprint density at radius 3 is 2.17 bits per heavy atom. The number of sulfone groups is 1. The second-order valence-corrected chi connectivity index (χ2v) is 6.90. The second-order valence-electron chi connectivity index (χ2n) is 4.87. The second kappa shape index (κ2) is 6.92. The number of hydrogen-bond donors (Lipinski definition) is 0. The summed E-state index contributed by atoms with van der Waals surface area (Å²) in [6, 6.07) is 12.2. The van der Waals surface area contributed by atoms with Crippen molar-refractivity contribution in [2.24, 2.45) is 0 Å². The number of hydrogen-bond acceptors (Lipinski definition) is 4. The molecule has 2 aromatic rings. The zero-order chi connectivity index (χ0) is 17.8. The van der Waals surface area contributed by atoms with Gasteiger partial charge in [-0.2, -0.15) is 8.78 Å². The molecule has 2 rings (SSSR count). The molecule has 0 amide bonds. The van der Waals surface area contributed by atoms with Gasteiger partial charge in [-0.3, -0.25) is 4.79 Å². The van der Waals surface area contributed by atoms with Gasteiger partial charge in [-0.15, -0.1) is 0 Å². The van der Waals surface area contributed by atoms with Gasteiger partial charge in [0.15, 0.2) is 0 Å². The number of rotatable bonds is 5. The number of carbonyl (C=O) groups is 1. The van der Waals surface area contributed by atoms with Crippen molar-refractivity contribution in [1.29, 1.82) is 0 Å². The lowest BCUT2D eigenvalue weighted by Gasteiger charge is -2.13. The highest BCUT2D eigenvalue weighted by Gasteiger charge is 2.43. The maximum absolute atomic E-state index is 14.1. The molecule has 0 radical (unpaired) electrons. The fraction of sp³-hybridized carbons (Fsp3) is 0.118. The average molecular weight is 352 g/mol. The normalized spacial score (nSPS) is 12.3. The third kappa shape index (κ3) is 4.05. The summed E-state index contributed by atoms with van der Waals surface area (Å²) in [5.41, 5.74) is 0.342. The molecule has 0 bridgehead atoms. The van der Waals surface area contributed by atoms with Gasteiger partial charge in [-0.05, 0) is 29.8 Å². The van der Waals surface area contributed by atoms with Gasteiger partial charge in [0.2, 0.25) is 9.84 Å². The van der Waals surface area contributed by atoms with Gasteiger partial charge in [0.25, 0.3) is 0 Å². The fourth-order valence-corrected chi connectivity index (χ4v) is 2.93. The third-order valence-electron chi connectivity index (χ3n) is 3.02. The van der Waals surface area contributed by atoms with Crippen LogP contribution in [0.2, 0.25) is 0 Å². The van der Waals surface area contributed by atoms with Crippen LogP contribution in [0.3, 0.4) is 0 Å². The molecule has 0 fully saturated rings. The molecule has 0 unspecified atom stereocenters. The number of halogens is 2. The first-order chi connectivity index (χ1) is 11.2. The van der Waals surface area contributed by atoms with Crippen molar-refractivity contribution in [2.75, 3.05) is 0 Å². The molecular weight excluding hydrogens is 338 g/mol. The van der Waals surface area contributed by atoms with E-state index in [1.807, 2.05) is 0 Å². The van der Waals surface area contributed by atoms with Crippen LogP contribution in [0.4, 0.5) is 8.78 Å². The molecule has 0 heterocycles. The molecule has 7 heteroatoms. The number of alkyl halides is 2. The van der Waals surface area contributed by atoms with Crippen molar-refractivity contribution in [3.8, 4) is 5.75 Å². The van der Waals surface area contributed by atoms with Crippen molar-refractivity contribution < 1.29 is 26.7 Å². The number of ether oxygens (including phenoxy) is 1. The summed E-state index contributed by atoms with van der Waals surface area (Å²) < 4.78 is 57.0. The molecule has 0 atom stereocenters. The van der Waals surface area contributed by atoms with Gasteiger partial charge in [0.1, 0.15) is 5.75 Å². The van der Waals surface area contributed by atoms with Crippen molar-refractivity contribution in [3.05, 3.63) is 66.2 Å². The maximum atomic E-state index is 14.1. The monoisotopic (exact) mass is 352 g/mol. The summed E-state index contributed by atoms with van der Waals surface area (Å²) in [6.07, 6.45) is 1.33.